The summed E-state index contributed by atoms with van der Waals surface area (Å²) in [5.41, 5.74) is 0. The van der Waals surface area contributed by atoms with Gasteiger partial charge in [-0.3, -0.25) is 4.79 Å². The van der Waals surface area contributed by atoms with Gasteiger partial charge in [0, 0.05) is 19.1 Å². The van der Waals surface area contributed by atoms with Crippen LogP contribution in [0.5, 0.6) is 0 Å². The van der Waals surface area contributed by atoms with Crippen LogP contribution in [0.2, 0.25) is 0 Å². The summed E-state index contributed by atoms with van der Waals surface area (Å²) >= 11 is 0. The summed E-state index contributed by atoms with van der Waals surface area (Å²) in [6.07, 6.45) is 6.71. The van der Waals surface area contributed by atoms with E-state index in [-0.39, 0.29) is 5.91 Å². The molecule has 1 heterocycles. The van der Waals surface area contributed by atoms with E-state index in [1.54, 1.807) is 0 Å². The second-order valence-corrected chi connectivity index (χ2v) is 6.26. The minimum atomic E-state index is 0.166. The number of likely N-dealkylation sites (tertiary alicyclic amines) is 1. The molecule has 4 heteroatoms. The molecule has 2 saturated carbocycles. The van der Waals surface area contributed by atoms with Crippen LogP contribution in [0.3, 0.4) is 0 Å². The van der Waals surface area contributed by atoms with E-state index in [1.807, 2.05) is 0 Å². The number of nitrogens with zero attached hydrogens (tertiary/aromatic N) is 1. The molecule has 2 N–H and O–H groups in total. The second-order valence-electron chi connectivity index (χ2n) is 6.26. The van der Waals surface area contributed by atoms with Crippen molar-refractivity contribution >= 4 is 5.91 Å². The molecule has 1 atom stereocenters. The maximum Gasteiger partial charge on any atom is 0.233 e. The van der Waals surface area contributed by atoms with Crippen LogP contribution in [-0.4, -0.2) is 49.6 Å². The smallest absolute Gasteiger partial charge is 0.233 e. The molecule has 3 rings (SSSR count). The lowest BCUT2D eigenvalue weighted by molar-refractivity contribution is -0.120. The third-order valence-electron chi connectivity index (χ3n) is 4.38. The Labute approximate surface area is 109 Å². The van der Waals surface area contributed by atoms with Crippen LogP contribution < -0.4 is 10.6 Å². The SMILES string of the molecule is O=C(CNCC1CCN(C2CC2)C1)NCC1CC1. The highest BCUT2D eigenvalue weighted by molar-refractivity contribution is 5.77. The van der Waals surface area contributed by atoms with E-state index in [0.717, 1.165) is 31.0 Å². The average Bonchev–Trinajstić information content (AvgIpc) is 3.27. The van der Waals surface area contributed by atoms with E-state index < -0.39 is 0 Å². The molecular formula is C14H25N3O. The van der Waals surface area contributed by atoms with Gasteiger partial charge in [0.25, 0.3) is 0 Å². The largest absolute Gasteiger partial charge is 0.355 e. The normalized spacial score (nSPS) is 28.6. The molecular weight excluding hydrogens is 226 g/mol. The molecule has 3 aliphatic rings. The summed E-state index contributed by atoms with van der Waals surface area (Å²) in [5, 5.41) is 6.31. The zero-order valence-electron chi connectivity index (χ0n) is 11.2. The number of rotatable bonds is 7. The van der Waals surface area contributed by atoms with Crippen molar-refractivity contribution in [3.05, 3.63) is 0 Å². The highest BCUT2D eigenvalue weighted by Gasteiger charge is 2.34. The van der Waals surface area contributed by atoms with Gasteiger partial charge in [-0.15, -0.1) is 0 Å². The molecule has 0 aromatic heterocycles. The van der Waals surface area contributed by atoms with Gasteiger partial charge in [0.1, 0.15) is 0 Å². The van der Waals surface area contributed by atoms with E-state index in [0.29, 0.717) is 6.54 Å². The van der Waals surface area contributed by atoms with Crippen LogP contribution >= 0.6 is 0 Å². The average molecular weight is 251 g/mol. The topological polar surface area (TPSA) is 44.4 Å². The highest BCUT2D eigenvalue weighted by Crippen LogP contribution is 2.31. The van der Waals surface area contributed by atoms with Gasteiger partial charge in [-0.05, 0) is 57.0 Å². The molecule has 1 unspecified atom stereocenters. The minimum absolute atomic E-state index is 0.166. The Bertz CT molecular complexity index is 299. The van der Waals surface area contributed by atoms with Crippen LogP contribution in [0.1, 0.15) is 32.1 Å². The Kier molecular flexibility index (Phi) is 3.85. The van der Waals surface area contributed by atoms with Crippen LogP contribution in [0.4, 0.5) is 0 Å². The van der Waals surface area contributed by atoms with Crippen LogP contribution in [0.15, 0.2) is 0 Å². The standard InChI is InChI=1S/C14H25N3O/c18-14(16-8-11-1-2-11)9-15-7-12-5-6-17(10-12)13-3-4-13/h11-13,15H,1-10H2,(H,16,18). The summed E-state index contributed by atoms with van der Waals surface area (Å²) in [6, 6.07) is 0.900. The van der Waals surface area contributed by atoms with Gasteiger partial charge in [-0.25, -0.2) is 0 Å². The summed E-state index contributed by atoms with van der Waals surface area (Å²) < 4.78 is 0. The molecule has 1 amide bonds. The molecule has 0 aromatic carbocycles. The zero-order chi connectivity index (χ0) is 12.4. The van der Waals surface area contributed by atoms with Crippen molar-refractivity contribution in [3.8, 4) is 0 Å². The van der Waals surface area contributed by atoms with Crippen molar-refractivity contribution in [1.82, 2.24) is 15.5 Å². The van der Waals surface area contributed by atoms with Crippen LogP contribution in [-0.2, 0) is 4.79 Å². The van der Waals surface area contributed by atoms with Gasteiger partial charge in [0.15, 0.2) is 0 Å². The summed E-state index contributed by atoms with van der Waals surface area (Å²) in [6.45, 7) is 4.89. The Morgan fingerprint density at radius 1 is 1.06 bits per heavy atom. The van der Waals surface area contributed by atoms with E-state index in [1.165, 1.54) is 45.2 Å². The van der Waals surface area contributed by atoms with E-state index in [4.69, 9.17) is 0 Å². The monoisotopic (exact) mass is 251 g/mol. The fourth-order valence-corrected chi connectivity index (χ4v) is 2.83. The van der Waals surface area contributed by atoms with Gasteiger partial charge < -0.3 is 15.5 Å². The first-order valence-electron chi connectivity index (χ1n) is 7.52. The first-order valence-corrected chi connectivity index (χ1v) is 7.52. The first-order chi connectivity index (χ1) is 8.81. The molecule has 0 aromatic rings. The Hall–Kier alpha value is -0.610. The number of amides is 1. The molecule has 0 spiro atoms. The fourth-order valence-electron chi connectivity index (χ4n) is 2.83. The maximum absolute atomic E-state index is 11.5. The van der Waals surface area contributed by atoms with Gasteiger partial charge in [0.05, 0.1) is 6.54 Å². The molecule has 4 nitrogen and oxygen atoms in total. The van der Waals surface area contributed by atoms with Gasteiger partial charge >= 0.3 is 0 Å². The maximum atomic E-state index is 11.5. The van der Waals surface area contributed by atoms with E-state index in [9.17, 15) is 4.79 Å². The molecule has 0 bridgehead atoms. The Morgan fingerprint density at radius 2 is 1.89 bits per heavy atom. The zero-order valence-corrected chi connectivity index (χ0v) is 11.2. The Balaban J connectivity index is 1.24. The predicted molar refractivity (Wildman–Crippen MR) is 71.3 cm³/mol. The molecule has 102 valence electrons. The molecule has 0 radical (unpaired) electrons. The van der Waals surface area contributed by atoms with Crippen molar-refractivity contribution < 1.29 is 4.79 Å². The van der Waals surface area contributed by atoms with E-state index >= 15 is 0 Å². The van der Waals surface area contributed by atoms with Crippen molar-refractivity contribution in [2.75, 3.05) is 32.7 Å². The van der Waals surface area contributed by atoms with Crippen molar-refractivity contribution in [2.45, 2.75) is 38.1 Å². The third-order valence-corrected chi connectivity index (χ3v) is 4.38. The van der Waals surface area contributed by atoms with Crippen LogP contribution in [0, 0.1) is 11.8 Å². The van der Waals surface area contributed by atoms with Crippen molar-refractivity contribution in [1.29, 1.82) is 0 Å². The fraction of sp³-hybridized carbons (Fsp3) is 0.929. The lowest BCUT2D eigenvalue weighted by Gasteiger charge is -2.15. The lowest BCUT2D eigenvalue weighted by Crippen LogP contribution is -2.37. The Morgan fingerprint density at radius 3 is 2.61 bits per heavy atom. The summed E-state index contributed by atoms with van der Waals surface area (Å²) in [5.74, 6) is 1.69. The lowest BCUT2D eigenvalue weighted by atomic mass is 10.1. The van der Waals surface area contributed by atoms with Gasteiger partial charge in [-0.2, -0.15) is 0 Å². The third kappa shape index (κ3) is 3.69. The number of hydrogen-bond donors (Lipinski definition) is 2. The molecule has 3 fully saturated rings. The van der Waals surface area contributed by atoms with Crippen LogP contribution in [0.25, 0.3) is 0 Å². The summed E-state index contributed by atoms with van der Waals surface area (Å²) in [4.78, 5) is 14.2. The van der Waals surface area contributed by atoms with Crippen molar-refractivity contribution in [3.63, 3.8) is 0 Å². The van der Waals surface area contributed by atoms with Crippen molar-refractivity contribution in [2.24, 2.45) is 11.8 Å². The molecule has 1 aliphatic heterocycles. The quantitative estimate of drug-likeness (QED) is 0.696. The number of carbonyl (C=O) groups is 1. The molecule has 18 heavy (non-hydrogen) atoms. The van der Waals surface area contributed by atoms with Gasteiger partial charge in [-0.1, -0.05) is 0 Å². The highest BCUT2D eigenvalue weighted by atomic mass is 16.1. The first kappa shape index (κ1) is 12.4. The summed E-state index contributed by atoms with van der Waals surface area (Å²) in [7, 11) is 0. The van der Waals surface area contributed by atoms with E-state index in [2.05, 4.69) is 15.5 Å². The predicted octanol–water partition coefficient (Wildman–Crippen LogP) is 0.587. The van der Waals surface area contributed by atoms with Gasteiger partial charge in [0.2, 0.25) is 5.91 Å². The second kappa shape index (κ2) is 5.57. The number of nitrogens with one attached hydrogen (secondary N) is 2. The molecule has 2 aliphatic carbocycles. The molecule has 1 saturated heterocycles. The number of hydrogen-bond acceptors (Lipinski definition) is 3. The number of carbonyl (C=O) groups excluding carboxylic acids is 1. The minimum Gasteiger partial charge on any atom is -0.355 e.